The summed E-state index contributed by atoms with van der Waals surface area (Å²) in [6.45, 7) is 2.98. The normalized spacial score (nSPS) is 12.2. The van der Waals surface area contributed by atoms with Crippen molar-refractivity contribution in [3.63, 3.8) is 0 Å². The zero-order valence-electron chi connectivity index (χ0n) is 5.86. The molecule has 0 aromatic heterocycles. The summed E-state index contributed by atoms with van der Waals surface area (Å²) in [6.07, 6.45) is -0.672. The predicted octanol–water partition coefficient (Wildman–Crippen LogP) is 0.562. The maximum atomic E-state index is 10.6. The van der Waals surface area contributed by atoms with Gasteiger partial charge in [0.2, 0.25) is 0 Å². The summed E-state index contributed by atoms with van der Waals surface area (Å²) in [5.74, 6) is -0.267. The molecule has 0 saturated heterocycles. The van der Waals surface area contributed by atoms with Gasteiger partial charge in [0.05, 0.1) is 0 Å². The molecule has 0 heterocycles. The highest BCUT2D eigenvalue weighted by Crippen LogP contribution is 1.95. The van der Waals surface area contributed by atoms with Crippen LogP contribution in [0, 0.1) is 10.1 Å². The first-order chi connectivity index (χ1) is 4.57. The van der Waals surface area contributed by atoms with Crippen LogP contribution in [-0.2, 0) is 9.63 Å². The van der Waals surface area contributed by atoms with Gasteiger partial charge in [-0.3, -0.25) is 4.79 Å². The van der Waals surface area contributed by atoms with Crippen molar-refractivity contribution in [3.8, 4) is 0 Å². The van der Waals surface area contributed by atoms with Gasteiger partial charge in [0.1, 0.15) is 0 Å². The highest BCUT2D eigenvalue weighted by Gasteiger charge is 2.13. The Bertz CT molecular complexity index is 145. The number of carbonyl (C=O) groups excluding carboxylic acids is 1. The van der Waals surface area contributed by atoms with Gasteiger partial charge in [-0.2, -0.15) is 0 Å². The Morgan fingerprint density at radius 2 is 2.30 bits per heavy atom. The maximum Gasteiger partial charge on any atom is 0.295 e. The number of nitrogens with zero attached hydrogens (tertiary/aromatic N) is 1. The minimum atomic E-state index is -0.960. The van der Waals surface area contributed by atoms with Gasteiger partial charge in [-0.05, 0) is 6.92 Å². The first kappa shape index (κ1) is 8.87. The Morgan fingerprint density at radius 3 is 2.60 bits per heavy atom. The molecule has 0 rings (SSSR count). The minimum absolute atomic E-state index is 0.259. The molecule has 58 valence electrons. The van der Waals surface area contributed by atoms with Crippen molar-refractivity contribution >= 4 is 5.78 Å². The van der Waals surface area contributed by atoms with E-state index in [1.165, 1.54) is 6.92 Å². The fraction of sp³-hybridized carbons (Fsp3) is 0.800. The lowest BCUT2D eigenvalue weighted by atomic mass is 10.2. The van der Waals surface area contributed by atoms with Crippen molar-refractivity contribution in [2.45, 2.75) is 26.4 Å². The van der Waals surface area contributed by atoms with Crippen LogP contribution in [0.4, 0.5) is 0 Å². The molecule has 0 amide bonds. The second-order valence-electron chi connectivity index (χ2n) is 1.79. The number of carbonyl (C=O) groups is 1. The van der Waals surface area contributed by atoms with Crippen molar-refractivity contribution in [3.05, 3.63) is 10.1 Å². The zero-order chi connectivity index (χ0) is 8.15. The van der Waals surface area contributed by atoms with Gasteiger partial charge in [0.15, 0.2) is 11.9 Å². The molecule has 5 nitrogen and oxygen atoms in total. The molecule has 5 heteroatoms. The number of ketones is 1. The molecular weight excluding hydrogens is 138 g/mol. The van der Waals surface area contributed by atoms with Crippen LogP contribution in [0.2, 0.25) is 0 Å². The monoisotopic (exact) mass is 147 g/mol. The Morgan fingerprint density at radius 1 is 1.80 bits per heavy atom. The van der Waals surface area contributed by atoms with Gasteiger partial charge in [-0.15, -0.1) is 10.1 Å². The third-order valence-corrected chi connectivity index (χ3v) is 1.05. The van der Waals surface area contributed by atoms with Crippen LogP contribution < -0.4 is 0 Å². The van der Waals surface area contributed by atoms with Gasteiger partial charge in [0.25, 0.3) is 5.09 Å². The Balaban J connectivity index is 3.72. The fourth-order valence-corrected chi connectivity index (χ4v) is 0.475. The molecule has 0 aliphatic carbocycles. The molecule has 10 heavy (non-hydrogen) atoms. The Labute approximate surface area is 58.1 Å². The topological polar surface area (TPSA) is 69.4 Å². The Kier molecular flexibility index (Phi) is 3.38. The SMILES string of the molecule is CCC(=O)C(C)O[N+](=O)[O-]. The molecule has 0 spiro atoms. The molecule has 1 unspecified atom stereocenters. The van der Waals surface area contributed by atoms with Gasteiger partial charge < -0.3 is 4.84 Å². The lowest BCUT2D eigenvalue weighted by molar-refractivity contribution is -0.763. The molecule has 0 aromatic rings. The van der Waals surface area contributed by atoms with Crippen LogP contribution in [0.25, 0.3) is 0 Å². The fourth-order valence-electron chi connectivity index (χ4n) is 0.475. The first-order valence-corrected chi connectivity index (χ1v) is 2.91. The van der Waals surface area contributed by atoms with Crippen molar-refractivity contribution in [2.75, 3.05) is 0 Å². The smallest absolute Gasteiger partial charge is 0.295 e. The molecule has 0 aliphatic heterocycles. The molecule has 0 N–H and O–H groups in total. The van der Waals surface area contributed by atoms with Crippen LogP contribution in [0.3, 0.4) is 0 Å². The van der Waals surface area contributed by atoms with Crippen molar-refractivity contribution in [1.29, 1.82) is 0 Å². The van der Waals surface area contributed by atoms with Gasteiger partial charge in [-0.1, -0.05) is 6.92 Å². The second kappa shape index (κ2) is 3.81. The molecule has 0 aliphatic rings. The summed E-state index contributed by atoms with van der Waals surface area (Å²) in [6, 6.07) is 0. The van der Waals surface area contributed by atoms with E-state index in [2.05, 4.69) is 4.84 Å². The number of rotatable bonds is 4. The third kappa shape index (κ3) is 3.01. The van der Waals surface area contributed by atoms with Crippen LogP contribution in [0.15, 0.2) is 0 Å². The lowest BCUT2D eigenvalue weighted by Crippen LogP contribution is -2.22. The summed E-state index contributed by atoms with van der Waals surface area (Å²) in [5, 5.41) is 8.70. The van der Waals surface area contributed by atoms with E-state index >= 15 is 0 Å². The van der Waals surface area contributed by atoms with Crippen LogP contribution >= 0.6 is 0 Å². The standard InChI is InChI=1S/C5H9NO4/c1-3-5(7)4(2)10-6(8)9/h4H,3H2,1-2H3. The summed E-state index contributed by atoms with van der Waals surface area (Å²) in [5.41, 5.74) is 0. The largest absolute Gasteiger partial charge is 0.303 e. The molecule has 0 bridgehead atoms. The van der Waals surface area contributed by atoms with E-state index in [0.29, 0.717) is 0 Å². The lowest BCUT2D eigenvalue weighted by Gasteiger charge is -2.04. The molecule has 0 saturated carbocycles. The number of Topliss-reactive ketones (excluding diaryl/α,β-unsaturated/α-hetero) is 1. The zero-order valence-corrected chi connectivity index (χ0v) is 5.86. The van der Waals surface area contributed by atoms with E-state index in [1.54, 1.807) is 6.92 Å². The van der Waals surface area contributed by atoms with E-state index in [-0.39, 0.29) is 12.2 Å². The average Bonchev–Trinajstić information content (AvgIpc) is 1.85. The van der Waals surface area contributed by atoms with E-state index in [9.17, 15) is 14.9 Å². The van der Waals surface area contributed by atoms with E-state index in [4.69, 9.17) is 0 Å². The maximum absolute atomic E-state index is 10.6. The average molecular weight is 147 g/mol. The summed E-state index contributed by atoms with van der Waals surface area (Å²) < 4.78 is 0. The molecule has 0 fully saturated rings. The molecule has 0 aromatic carbocycles. The number of hydrogen-bond acceptors (Lipinski definition) is 4. The van der Waals surface area contributed by atoms with Gasteiger partial charge >= 0.3 is 0 Å². The third-order valence-electron chi connectivity index (χ3n) is 1.05. The van der Waals surface area contributed by atoms with Crippen LogP contribution in [0.1, 0.15) is 20.3 Å². The Hall–Kier alpha value is -1.13. The molecular formula is C5H9NO4. The van der Waals surface area contributed by atoms with E-state index < -0.39 is 11.2 Å². The highest BCUT2D eigenvalue weighted by molar-refractivity contribution is 5.82. The van der Waals surface area contributed by atoms with Crippen LogP contribution in [-0.4, -0.2) is 17.0 Å². The van der Waals surface area contributed by atoms with E-state index in [1.807, 2.05) is 0 Å². The first-order valence-electron chi connectivity index (χ1n) is 2.91. The van der Waals surface area contributed by atoms with Gasteiger partial charge in [-0.25, -0.2) is 0 Å². The summed E-state index contributed by atoms with van der Waals surface area (Å²) in [4.78, 5) is 24.3. The van der Waals surface area contributed by atoms with Crippen molar-refractivity contribution < 1.29 is 14.7 Å². The van der Waals surface area contributed by atoms with Crippen molar-refractivity contribution in [2.24, 2.45) is 0 Å². The second-order valence-corrected chi connectivity index (χ2v) is 1.79. The molecule has 0 radical (unpaired) electrons. The van der Waals surface area contributed by atoms with Crippen molar-refractivity contribution in [1.82, 2.24) is 0 Å². The highest BCUT2D eigenvalue weighted by atomic mass is 17.0. The molecule has 1 atom stereocenters. The summed E-state index contributed by atoms with van der Waals surface area (Å²) in [7, 11) is 0. The van der Waals surface area contributed by atoms with Crippen LogP contribution in [0.5, 0.6) is 0 Å². The van der Waals surface area contributed by atoms with E-state index in [0.717, 1.165) is 0 Å². The minimum Gasteiger partial charge on any atom is -0.303 e. The number of hydrogen-bond donors (Lipinski definition) is 0. The summed E-state index contributed by atoms with van der Waals surface area (Å²) >= 11 is 0. The predicted molar refractivity (Wildman–Crippen MR) is 32.8 cm³/mol. The quantitative estimate of drug-likeness (QED) is 0.430. The van der Waals surface area contributed by atoms with Gasteiger partial charge in [0, 0.05) is 6.42 Å².